The molecule has 28 heavy (non-hydrogen) atoms. The summed E-state index contributed by atoms with van der Waals surface area (Å²) in [5.41, 5.74) is 3.55. The van der Waals surface area contributed by atoms with Gasteiger partial charge < -0.3 is 14.9 Å². The van der Waals surface area contributed by atoms with Crippen molar-refractivity contribution in [1.82, 2.24) is 0 Å². The van der Waals surface area contributed by atoms with Crippen LogP contribution >= 0.6 is 0 Å². The van der Waals surface area contributed by atoms with Crippen LogP contribution in [0.1, 0.15) is 89.3 Å². The number of hydrogen-bond donors (Lipinski definition) is 2. The monoisotopic (exact) mass is 386 g/mol. The fraction of sp³-hybridized carbons (Fsp3) is 0.600. The van der Waals surface area contributed by atoms with E-state index in [0.29, 0.717) is 22.8 Å². The molecule has 0 radical (unpaired) electrons. The van der Waals surface area contributed by atoms with Crippen LogP contribution in [0.3, 0.4) is 0 Å². The Balaban J connectivity index is 2.63. The molecule has 2 atom stereocenters. The second-order valence-electron chi connectivity index (χ2n) is 9.33. The summed E-state index contributed by atoms with van der Waals surface area (Å²) in [6.45, 7) is 15.0. The fourth-order valence-corrected chi connectivity index (χ4v) is 4.55. The Hall–Kier alpha value is -1.90. The number of allylic oxidation sites excluding steroid dienone is 2. The maximum atomic E-state index is 11.3. The number of aryl methyl sites for hydroxylation is 1. The first kappa shape index (κ1) is 22.4. The van der Waals surface area contributed by atoms with E-state index < -0.39 is 0 Å². The van der Waals surface area contributed by atoms with Crippen molar-refractivity contribution in [2.45, 2.75) is 79.1 Å². The molecule has 3 heteroatoms. The number of ether oxygens (including phenoxy) is 1. The number of methoxy groups -OCH3 is 1. The van der Waals surface area contributed by atoms with Gasteiger partial charge in [-0.05, 0) is 55.6 Å². The number of phenolic OH excluding ortho intramolecular Hbond substituents is 2. The molecule has 156 valence electrons. The van der Waals surface area contributed by atoms with Gasteiger partial charge in [0.1, 0.15) is 17.3 Å². The summed E-state index contributed by atoms with van der Waals surface area (Å²) in [7, 11) is 1.58. The van der Waals surface area contributed by atoms with Gasteiger partial charge >= 0.3 is 0 Å². The summed E-state index contributed by atoms with van der Waals surface area (Å²) in [4.78, 5) is 0. The smallest absolute Gasteiger partial charge is 0.134 e. The van der Waals surface area contributed by atoms with Crippen LogP contribution in [0.15, 0.2) is 24.3 Å². The van der Waals surface area contributed by atoms with Gasteiger partial charge in [-0.25, -0.2) is 0 Å². The lowest BCUT2D eigenvalue weighted by atomic mass is 9.65. The zero-order valence-corrected chi connectivity index (χ0v) is 18.6. The van der Waals surface area contributed by atoms with Crippen LogP contribution in [0.4, 0.5) is 0 Å². The van der Waals surface area contributed by atoms with Crippen LogP contribution < -0.4 is 0 Å². The number of aromatic hydroxyl groups is 2. The van der Waals surface area contributed by atoms with Gasteiger partial charge in [0.25, 0.3) is 0 Å². The molecule has 0 saturated carbocycles. The third kappa shape index (κ3) is 4.74. The Bertz CT molecular complexity index is 737. The number of benzene rings is 1. The van der Waals surface area contributed by atoms with E-state index in [4.69, 9.17) is 4.74 Å². The topological polar surface area (TPSA) is 49.7 Å². The quantitative estimate of drug-likeness (QED) is 0.303. The zero-order valence-electron chi connectivity index (χ0n) is 18.6. The summed E-state index contributed by atoms with van der Waals surface area (Å²) in [5, 5.41) is 22.3. The first-order valence-electron chi connectivity index (χ1n) is 10.6. The van der Waals surface area contributed by atoms with Crippen molar-refractivity contribution in [2.24, 2.45) is 11.3 Å². The first-order chi connectivity index (χ1) is 13.1. The third-order valence-electron chi connectivity index (χ3n) is 6.17. The SMILES string of the molecule is C=C(OC)c1c(CCCCC)cc(O)c(C2C=C(C)CCC2C(C)(C)C)c1O. The van der Waals surface area contributed by atoms with Crippen molar-refractivity contribution in [3.05, 3.63) is 41.0 Å². The molecular weight excluding hydrogens is 348 g/mol. The van der Waals surface area contributed by atoms with Gasteiger partial charge in [-0.2, -0.15) is 0 Å². The number of phenols is 2. The molecule has 0 fully saturated rings. The molecule has 2 rings (SSSR count). The highest BCUT2D eigenvalue weighted by Crippen LogP contribution is 2.52. The molecule has 1 aliphatic carbocycles. The molecule has 2 N–H and O–H groups in total. The van der Waals surface area contributed by atoms with E-state index in [-0.39, 0.29) is 22.8 Å². The van der Waals surface area contributed by atoms with E-state index in [1.807, 2.05) is 6.07 Å². The van der Waals surface area contributed by atoms with E-state index in [1.165, 1.54) is 5.57 Å². The molecule has 3 nitrogen and oxygen atoms in total. The lowest BCUT2D eigenvalue weighted by Crippen LogP contribution is -2.29. The molecule has 1 aromatic rings. The highest BCUT2D eigenvalue weighted by atomic mass is 16.5. The summed E-state index contributed by atoms with van der Waals surface area (Å²) in [6, 6.07) is 1.82. The van der Waals surface area contributed by atoms with Crippen LogP contribution in [0, 0.1) is 11.3 Å². The molecule has 0 spiro atoms. The predicted octanol–water partition coefficient (Wildman–Crippen LogP) is 6.93. The Kier molecular flexibility index (Phi) is 7.25. The zero-order chi connectivity index (χ0) is 21.1. The van der Waals surface area contributed by atoms with Crippen LogP contribution in [0.2, 0.25) is 0 Å². The van der Waals surface area contributed by atoms with E-state index in [0.717, 1.165) is 44.1 Å². The average Bonchev–Trinajstić information content (AvgIpc) is 2.60. The standard InChI is InChI=1S/C25H38O3/c1-8-9-10-11-18-15-21(26)23(24(27)22(18)17(3)28-7)19-14-16(2)12-13-20(19)25(4,5)6/h14-15,19-20,26-27H,3,8-13H2,1-2,4-7H3. The van der Waals surface area contributed by atoms with Crippen molar-refractivity contribution < 1.29 is 14.9 Å². The largest absolute Gasteiger partial charge is 0.507 e. The van der Waals surface area contributed by atoms with E-state index >= 15 is 0 Å². The minimum Gasteiger partial charge on any atom is -0.507 e. The number of unbranched alkanes of at least 4 members (excludes halogenated alkanes) is 2. The highest BCUT2D eigenvalue weighted by molar-refractivity contribution is 5.72. The highest BCUT2D eigenvalue weighted by Gasteiger charge is 2.37. The summed E-state index contributed by atoms with van der Waals surface area (Å²) >= 11 is 0. The summed E-state index contributed by atoms with van der Waals surface area (Å²) in [5.74, 6) is 1.07. The summed E-state index contributed by atoms with van der Waals surface area (Å²) < 4.78 is 5.41. The molecule has 0 aromatic heterocycles. The molecule has 0 aliphatic heterocycles. The molecule has 0 bridgehead atoms. The van der Waals surface area contributed by atoms with Crippen LogP contribution in [-0.2, 0) is 11.2 Å². The second-order valence-corrected chi connectivity index (χ2v) is 9.33. The van der Waals surface area contributed by atoms with Crippen LogP contribution in [0.25, 0.3) is 5.76 Å². The lowest BCUT2D eigenvalue weighted by Gasteiger charge is -2.40. The molecule has 0 heterocycles. The summed E-state index contributed by atoms with van der Waals surface area (Å²) in [6.07, 6.45) is 8.36. The minimum absolute atomic E-state index is 0.0261. The minimum atomic E-state index is -0.0261. The molecule has 0 amide bonds. The van der Waals surface area contributed by atoms with Crippen molar-refractivity contribution in [1.29, 1.82) is 0 Å². The van der Waals surface area contributed by atoms with E-state index in [1.54, 1.807) is 7.11 Å². The van der Waals surface area contributed by atoms with Gasteiger partial charge in [-0.15, -0.1) is 0 Å². The van der Waals surface area contributed by atoms with Gasteiger partial charge in [0, 0.05) is 11.5 Å². The predicted molar refractivity (Wildman–Crippen MR) is 118 cm³/mol. The Morgan fingerprint density at radius 2 is 1.93 bits per heavy atom. The molecule has 0 saturated heterocycles. The third-order valence-corrected chi connectivity index (χ3v) is 6.17. The Morgan fingerprint density at radius 3 is 2.50 bits per heavy atom. The van der Waals surface area contributed by atoms with Gasteiger partial charge in [-0.1, -0.05) is 58.8 Å². The van der Waals surface area contributed by atoms with Crippen molar-refractivity contribution >= 4 is 5.76 Å². The van der Waals surface area contributed by atoms with Gasteiger partial charge in [0.2, 0.25) is 0 Å². The van der Waals surface area contributed by atoms with E-state index in [9.17, 15) is 10.2 Å². The van der Waals surface area contributed by atoms with Crippen molar-refractivity contribution in [3.8, 4) is 11.5 Å². The normalized spacial score (nSPS) is 20.0. The molecule has 2 unspecified atom stereocenters. The van der Waals surface area contributed by atoms with Crippen LogP contribution in [-0.4, -0.2) is 17.3 Å². The Labute approximate surface area is 171 Å². The van der Waals surface area contributed by atoms with E-state index in [2.05, 4.69) is 47.3 Å². The first-order valence-corrected chi connectivity index (χ1v) is 10.6. The molecule has 1 aromatic carbocycles. The van der Waals surface area contributed by atoms with Crippen molar-refractivity contribution in [2.75, 3.05) is 7.11 Å². The maximum Gasteiger partial charge on any atom is 0.134 e. The van der Waals surface area contributed by atoms with Gasteiger partial charge in [-0.3, -0.25) is 0 Å². The Morgan fingerprint density at radius 1 is 1.25 bits per heavy atom. The fourth-order valence-electron chi connectivity index (χ4n) is 4.55. The lowest BCUT2D eigenvalue weighted by molar-refractivity contribution is 0.194. The second kappa shape index (κ2) is 9.07. The number of rotatable bonds is 7. The molecule has 1 aliphatic rings. The molecular formula is C25H38O3. The van der Waals surface area contributed by atoms with Gasteiger partial charge in [0.05, 0.1) is 12.7 Å². The average molecular weight is 387 g/mol. The van der Waals surface area contributed by atoms with Crippen molar-refractivity contribution in [3.63, 3.8) is 0 Å². The van der Waals surface area contributed by atoms with Gasteiger partial charge in [0.15, 0.2) is 0 Å². The maximum absolute atomic E-state index is 11.3. The number of hydrogen-bond acceptors (Lipinski definition) is 3. The van der Waals surface area contributed by atoms with Crippen LogP contribution in [0.5, 0.6) is 11.5 Å².